The minimum atomic E-state index is 0.421. The molecule has 0 bridgehead atoms. The van der Waals surface area contributed by atoms with Crippen molar-refractivity contribution >= 4 is 5.65 Å². The van der Waals surface area contributed by atoms with E-state index in [1.807, 2.05) is 54.0 Å². The Kier molecular flexibility index (Phi) is 3.83. The van der Waals surface area contributed by atoms with E-state index in [4.69, 9.17) is 10.5 Å². The molecule has 0 aliphatic heterocycles. The summed E-state index contributed by atoms with van der Waals surface area (Å²) in [5.41, 5.74) is 9.31. The van der Waals surface area contributed by atoms with Crippen LogP contribution in [0.25, 0.3) is 5.65 Å². The molecule has 0 amide bonds. The molecule has 3 aromatic rings. The van der Waals surface area contributed by atoms with E-state index in [2.05, 4.69) is 9.97 Å². The number of imidazole rings is 1. The van der Waals surface area contributed by atoms with Gasteiger partial charge in [-0.15, -0.1) is 0 Å². The zero-order valence-corrected chi connectivity index (χ0v) is 12.0. The average Bonchev–Trinajstić information content (AvgIpc) is 2.89. The van der Waals surface area contributed by atoms with Crippen LogP contribution in [0.15, 0.2) is 42.7 Å². The molecule has 3 heterocycles. The lowest BCUT2D eigenvalue weighted by atomic mass is 10.2. The van der Waals surface area contributed by atoms with Gasteiger partial charge in [0, 0.05) is 24.5 Å². The number of hydrogen-bond donors (Lipinski definition) is 1. The zero-order valence-electron chi connectivity index (χ0n) is 12.0. The molecule has 0 aliphatic carbocycles. The fourth-order valence-electron chi connectivity index (χ4n) is 2.25. The third kappa shape index (κ3) is 3.03. The van der Waals surface area contributed by atoms with Gasteiger partial charge in [0.2, 0.25) is 0 Å². The van der Waals surface area contributed by atoms with Crippen LogP contribution in [0.1, 0.15) is 17.1 Å². The SMILES string of the molecule is Cc1ccc(OCc2cn3ccccc3n2)c(CCN)n1. The fourth-order valence-corrected chi connectivity index (χ4v) is 2.25. The molecule has 0 aromatic carbocycles. The molecule has 21 heavy (non-hydrogen) atoms. The van der Waals surface area contributed by atoms with Gasteiger partial charge in [-0.25, -0.2) is 4.98 Å². The van der Waals surface area contributed by atoms with Gasteiger partial charge in [0.1, 0.15) is 18.0 Å². The quantitative estimate of drug-likeness (QED) is 0.778. The van der Waals surface area contributed by atoms with Crippen molar-refractivity contribution in [3.8, 4) is 5.75 Å². The Hall–Kier alpha value is -2.40. The number of ether oxygens (including phenoxy) is 1. The predicted molar refractivity (Wildman–Crippen MR) is 81.3 cm³/mol. The monoisotopic (exact) mass is 282 g/mol. The van der Waals surface area contributed by atoms with Gasteiger partial charge in [0.05, 0.1) is 11.4 Å². The molecule has 0 radical (unpaired) electrons. The number of aryl methyl sites for hydroxylation is 1. The number of pyridine rings is 2. The lowest BCUT2D eigenvalue weighted by Crippen LogP contribution is -2.08. The molecule has 0 aliphatic rings. The van der Waals surface area contributed by atoms with Crippen molar-refractivity contribution < 1.29 is 4.74 Å². The first-order chi connectivity index (χ1) is 10.3. The maximum absolute atomic E-state index is 5.87. The third-order valence-corrected chi connectivity index (χ3v) is 3.24. The van der Waals surface area contributed by atoms with Gasteiger partial charge in [-0.05, 0) is 37.7 Å². The molecule has 108 valence electrons. The Morgan fingerprint density at radius 1 is 1.19 bits per heavy atom. The first-order valence-corrected chi connectivity index (χ1v) is 6.98. The third-order valence-electron chi connectivity index (χ3n) is 3.24. The highest BCUT2D eigenvalue weighted by Crippen LogP contribution is 2.19. The van der Waals surface area contributed by atoms with Crippen molar-refractivity contribution in [3.05, 3.63) is 59.8 Å². The Balaban J connectivity index is 1.77. The van der Waals surface area contributed by atoms with Gasteiger partial charge in [-0.2, -0.15) is 0 Å². The van der Waals surface area contributed by atoms with Crippen LogP contribution in [0.4, 0.5) is 0 Å². The fraction of sp³-hybridized carbons (Fsp3) is 0.250. The van der Waals surface area contributed by atoms with E-state index in [-0.39, 0.29) is 0 Å². The molecule has 3 aromatic heterocycles. The summed E-state index contributed by atoms with van der Waals surface area (Å²) in [6.07, 6.45) is 4.65. The molecular weight excluding hydrogens is 264 g/mol. The van der Waals surface area contributed by atoms with Crippen LogP contribution >= 0.6 is 0 Å². The van der Waals surface area contributed by atoms with Gasteiger partial charge < -0.3 is 14.9 Å². The number of rotatable bonds is 5. The summed E-state index contributed by atoms with van der Waals surface area (Å²) < 4.78 is 7.85. The summed E-state index contributed by atoms with van der Waals surface area (Å²) in [6.45, 7) is 2.94. The molecule has 0 spiro atoms. The second-order valence-electron chi connectivity index (χ2n) is 4.92. The van der Waals surface area contributed by atoms with E-state index in [0.717, 1.165) is 28.5 Å². The molecular formula is C16H18N4O. The van der Waals surface area contributed by atoms with Crippen molar-refractivity contribution in [3.63, 3.8) is 0 Å². The van der Waals surface area contributed by atoms with Crippen LogP contribution in [-0.2, 0) is 13.0 Å². The van der Waals surface area contributed by atoms with Crippen molar-refractivity contribution in [1.29, 1.82) is 0 Å². The zero-order chi connectivity index (χ0) is 14.7. The smallest absolute Gasteiger partial charge is 0.141 e. The van der Waals surface area contributed by atoms with Gasteiger partial charge in [0.25, 0.3) is 0 Å². The maximum atomic E-state index is 5.87. The van der Waals surface area contributed by atoms with E-state index in [1.54, 1.807) is 0 Å². The molecule has 0 unspecified atom stereocenters. The normalized spacial score (nSPS) is 11.0. The predicted octanol–water partition coefficient (Wildman–Crippen LogP) is 2.12. The number of nitrogens with zero attached hydrogens (tertiary/aromatic N) is 3. The summed E-state index contributed by atoms with van der Waals surface area (Å²) >= 11 is 0. The standard InChI is InChI=1S/C16H18N4O/c1-12-5-6-15(14(18-12)7-8-17)21-11-13-10-20-9-3-2-4-16(20)19-13/h2-6,9-10H,7-8,11,17H2,1H3. The Morgan fingerprint density at radius 3 is 2.90 bits per heavy atom. The largest absolute Gasteiger partial charge is 0.485 e. The van der Waals surface area contributed by atoms with E-state index in [1.165, 1.54) is 0 Å². The van der Waals surface area contributed by atoms with E-state index < -0.39 is 0 Å². The maximum Gasteiger partial charge on any atom is 0.141 e. The summed E-state index contributed by atoms with van der Waals surface area (Å²) in [5.74, 6) is 0.781. The van der Waals surface area contributed by atoms with Gasteiger partial charge in [0.15, 0.2) is 0 Å². The number of nitrogens with two attached hydrogens (primary N) is 1. The summed E-state index contributed by atoms with van der Waals surface area (Å²) in [6, 6.07) is 9.80. The molecule has 5 nitrogen and oxygen atoms in total. The van der Waals surface area contributed by atoms with Gasteiger partial charge in [-0.1, -0.05) is 6.07 Å². The minimum absolute atomic E-state index is 0.421. The molecule has 0 saturated carbocycles. The average molecular weight is 282 g/mol. The Labute approximate surface area is 123 Å². The highest BCUT2D eigenvalue weighted by molar-refractivity contribution is 5.39. The molecule has 0 fully saturated rings. The van der Waals surface area contributed by atoms with E-state index in [0.29, 0.717) is 19.6 Å². The van der Waals surface area contributed by atoms with Crippen LogP contribution in [-0.4, -0.2) is 20.9 Å². The lowest BCUT2D eigenvalue weighted by molar-refractivity contribution is 0.297. The summed E-state index contributed by atoms with van der Waals surface area (Å²) in [5, 5.41) is 0. The van der Waals surface area contributed by atoms with E-state index >= 15 is 0 Å². The second-order valence-corrected chi connectivity index (χ2v) is 4.92. The van der Waals surface area contributed by atoms with Crippen molar-refractivity contribution in [2.75, 3.05) is 6.54 Å². The number of hydrogen-bond acceptors (Lipinski definition) is 4. The second kappa shape index (κ2) is 5.93. The van der Waals surface area contributed by atoms with Crippen LogP contribution in [0, 0.1) is 6.92 Å². The highest BCUT2D eigenvalue weighted by Gasteiger charge is 2.07. The summed E-state index contributed by atoms with van der Waals surface area (Å²) in [7, 11) is 0. The molecule has 0 saturated heterocycles. The Morgan fingerprint density at radius 2 is 2.10 bits per heavy atom. The molecule has 0 atom stereocenters. The van der Waals surface area contributed by atoms with Crippen molar-refractivity contribution in [1.82, 2.24) is 14.4 Å². The topological polar surface area (TPSA) is 65.4 Å². The van der Waals surface area contributed by atoms with Crippen LogP contribution in [0.3, 0.4) is 0 Å². The van der Waals surface area contributed by atoms with Crippen molar-refractivity contribution in [2.45, 2.75) is 20.0 Å². The van der Waals surface area contributed by atoms with Gasteiger partial charge in [-0.3, -0.25) is 4.98 Å². The molecule has 2 N–H and O–H groups in total. The number of aromatic nitrogens is 3. The Bertz CT molecular complexity index is 718. The highest BCUT2D eigenvalue weighted by atomic mass is 16.5. The lowest BCUT2D eigenvalue weighted by Gasteiger charge is -2.09. The van der Waals surface area contributed by atoms with Crippen molar-refractivity contribution in [2.24, 2.45) is 5.73 Å². The summed E-state index contributed by atoms with van der Waals surface area (Å²) in [4.78, 5) is 9.00. The molecule has 3 rings (SSSR count). The first-order valence-electron chi connectivity index (χ1n) is 6.98. The number of fused-ring (bicyclic) bond motifs is 1. The van der Waals surface area contributed by atoms with Crippen LogP contribution in [0.2, 0.25) is 0 Å². The first kappa shape index (κ1) is 13.6. The van der Waals surface area contributed by atoms with Crippen LogP contribution in [0.5, 0.6) is 5.75 Å². The van der Waals surface area contributed by atoms with E-state index in [9.17, 15) is 0 Å². The van der Waals surface area contributed by atoms with Gasteiger partial charge >= 0.3 is 0 Å². The molecule has 5 heteroatoms. The van der Waals surface area contributed by atoms with Crippen LogP contribution < -0.4 is 10.5 Å². The minimum Gasteiger partial charge on any atom is -0.485 e.